The fraction of sp³-hybridized carbons (Fsp3) is 0.500. The molecule has 1 atom stereocenters. The summed E-state index contributed by atoms with van der Waals surface area (Å²) in [5.41, 5.74) is 0.0357. The fourth-order valence-corrected chi connectivity index (χ4v) is 1.23. The molecule has 1 unspecified atom stereocenters. The maximum Gasteiger partial charge on any atom is 0.181 e. The molecular formula is C12H17F2NO2. The molecule has 0 bridgehead atoms. The Morgan fingerprint density at radius 3 is 2.71 bits per heavy atom. The summed E-state index contributed by atoms with van der Waals surface area (Å²) in [5.74, 6) is -1.85. The van der Waals surface area contributed by atoms with Gasteiger partial charge in [0.1, 0.15) is 0 Å². The second kappa shape index (κ2) is 6.51. The monoisotopic (exact) mass is 245 g/mol. The highest BCUT2D eigenvalue weighted by Crippen LogP contribution is 2.16. The number of aliphatic hydroxyl groups excluding tert-OH is 1. The van der Waals surface area contributed by atoms with Crippen molar-refractivity contribution in [1.29, 1.82) is 0 Å². The van der Waals surface area contributed by atoms with Crippen LogP contribution in [0.4, 0.5) is 14.5 Å². The number of hydrogen-bond donors (Lipinski definition) is 2. The number of ether oxygens (including phenoxy) is 1. The molecule has 0 aliphatic rings. The Kier molecular flexibility index (Phi) is 5.31. The Labute approximate surface area is 99.4 Å². The van der Waals surface area contributed by atoms with Crippen LogP contribution in [0.3, 0.4) is 0 Å². The van der Waals surface area contributed by atoms with Crippen molar-refractivity contribution in [2.75, 3.05) is 18.5 Å². The Hall–Kier alpha value is -1.20. The molecule has 0 heterocycles. The number of anilines is 1. The molecule has 0 saturated carbocycles. The van der Waals surface area contributed by atoms with Crippen LogP contribution in [0.2, 0.25) is 0 Å². The molecule has 17 heavy (non-hydrogen) atoms. The Morgan fingerprint density at radius 1 is 1.35 bits per heavy atom. The van der Waals surface area contributed by atoms with Crippen LogP contribution in [-0.4, -0.2) is 30.5 Å². The van der Waals surface area contributed by atoms with Gasteiger partial charge in [-0.15, -0.1) is 0 Å². The third-order valence-electron chi connectivity index (χ3n) is 2.10. The van der Waals surface area contributed by atoms with Crippen molar-refractivity contribution in [2.45, 2.75) is 26.1 Å². The molecule has 0 aromatic heterocycles. The zero-order chi connectivity index (χ0) is 12.8. The number of aliphatic hydroxyl groups is 1. The van der Waals surface area contributed by atoms with E-state index in [-0.39, 0.29) is 24.9 Å². The second-order valence-corrected chi connectivity index (χ2v) is 4.02. The highest BCUT2D eigenvalue weighted by Gasteiger charge is 2.10. The molecule has 0 radical (unpaired) electrons. The van der Waals surface area contributed by atoms with Crippen LogP contribution in [0.15, 0.2) is 18.2 Å². The van der Waals surface area contributed by atoms with Crippen molar-refractivity contribution in [3.63, 3.8) is 0 Å². The summed E-state index contributed by atoms with van der Waals surface area (Å²) in [4.78, 5) is 0. The third-order valence-corrected chi connectivity index (χ3v) is 2.10. The van der Waals surface area contributed by atoms with Crippen molar-refractivity contribution in [3.8, 4) is 0 Å². The van der Waals surface area contributed by atoms with E-state index in [1.807, 2.05) is 13.8 Å². The van der Waals surface area contributed by atoms with E-state index in [2.05, 4.69) is 5.32 Å². The molecule has 0 amide bonds. The van der Waals surface area contributed by atoms with Crippen molar-refractivity contribution >= 4 is 5.69 Å². The maximum absolute atomic E-state index is 13.2. The first-order chi connectivity index (χ1) is 8.00. The lowest BCUT2D eigenvalue weighted by molar-refractivity contribution is 0.0112. The Bertz CT molecular complexity index is 358. The molecule has 0 fully saturated rings. The standard InChI is InChI=1S/C12H17F2NO2/c1-8(2)17-7-9(16)6-15-11-5-3-4-10(13)12(11)14/h3-5,8-9,15-16H,6-7H2,1-2H3. The van der Waals surface area contributed by atoms with Gasteiger partial charge < -0.3 is 15.2 Å². The van der Waals surface area contributed by atoms with Crippen LogP contribution in [0.1, 0.15) is 13.8 Å². The summed E-state index contributed by atoms with van der Waals surface area (Å²) < 4.78 is 31.3. The van der Waals surface area contributed by atoms with Crippen LogP contribution < -0.4 is 5.32 Å². The van der Waals surface area contributed by atoms with E-state index in [9.17, 15) is 13.9 Å². The zero-order valence-electron chi connectivity index (χ0n) is 9.91. The number of hydrogen-bond acceptors (Lipinski definition) is 3. The fourth-order valence-electron chi connectivity index (χ4n) is 1.23. The average Bonchev–Trinajstić information content (AvgIpc) is 2.28. The quantitative estimate of drug-likeness (QED) is 0.807. The summed E-state index contributed by atoms with van der Waals surface area (Å²) in [6.45, 7) is 3.97. The number of halogens is 2. The van der Waals surface area contributed by atoms with Gasteiger partial charge in [0.2, 0.25) is 0 Å². The molecule has 1 aromatic rings. The molecule has 1 rings (SSSR count). The molecule has 0 saturated heterocycles. The summed E-state index contributed by atoms with van der Waals surface area (Å²) in [6.07, 6.45) is -0.740. The lowest BCUT2D eigenvalue weighted by Crippen LogP contribution is -2.26. The minimum Gasteiger partial charge on any atom is -0.389 e. The summed E-state index contributed by atoms with van der Waals surface area (Å²) in [5, 5.41) is 12.1. The molecule has 0 spiro atoms. The first-order valence-corrected chi connectivity index (χ1v) is 5.48. The topological polar surface area (TPSA) is 41.5 Å². The van der Waals surface area contributed by atoms with Gasteiger partial charge in [-0.3, -0.25) is 0 Å². The largest absolute Gasteiger partial charge is 0.389 e. The highest BCUT2D eigenvalue weighted by molar-refractivity contribution is 5.44. The number of nitrogens with one attached hydrogen (secondary N) is 1. The highest BCUT2D eigenvalue weighted by atomic mass is 19.2. The molecule has 3 nitrogen and oxygen atoms in total. The van der Waals surface area contributed by atoms with E-state index in [1.54, 1.807) is 0 Å². The van der Waals surface area contributed by atoms with E-state index in [1.165, 1.54) is 12.1 Å². The predicted octanol–water partition coefficient (Wildman–Crippen LogP) is 2.16. The van der Waals surface area contributed by atoms with Gasteiger partial charge in [0.05, 0.1) is 24.5 Å². The van der Waals surface area contributed by atoms with Crippen LogP contribution in [-0.2, 0) is 4.74 Å². The Morgan fingerprint density at radius 2 is 2.06 bits per heavy atom. The summed E-state index contributed by atoms with van der Waals surface area (Å²) in [6, 6.07) is 3.85. The zero-order valence-corrected chi connectivity index (χ0v) is 9.91. The van der Waals surface area contributed by atoms with Crippen molar-refractivity contribution in [2.24, 2.45) is 0 Å². The molecule has 1 aromatic carbocycles. The lowest BCUT2D eigenvalue weighted by atomic mass is 10.2. The van der Waals surface area contributed by atoms with Crippen LogP contribution in [0, 0.1) is 11.6 Å². The van der Waals surface area contributed by atoms with Crippen molar-refractivity contribution < 1.29 is 18.6 Å². The minimum atomic E-state index is -0.940. The first kappa shape index (κ1) is 13.9. The second-order valence-electron chi connectivity index (χ2n) is 4.02. The average molecular weight is 245 g/mol. The van der Waals surface area contributed by atoms with Crippen molar-refractivity contribution in [3.05, 3.63) is 29.8 Å². The molecule has 0 aliphatic carbocycles. The van der Waals surface area contributed by atoms with Gasteiger partial charge >= 0.3 is 0 Å². The summed E-state index contributed by atoms with van der Waals surface area (Å²) >= 11 is 0. The molecule has 96 valence electrons. The molecular weight excluding hydrogens is 228 g/mol. The summed E-state index contributed by atoms with van der Waals surface area (Å²) in [7, 11) is 0. The lowest BCUT2D eigenvalue weighted by Gasteiger charge is -2.15. The minimum absolute atomic E-state index is 0.0237. The molecule has 2 N–H and O–H groups in total. The normalized spacial score (nSPS) is 12.8. The van der Waals surface area contributed by atoms with Gasteiger partial charge in [0, 0.05) is 6.54 Å². The smallest absolute Gasteiger partial charge is 0.181 e. The van der Waals surface area contributed by atoms with E-state index in [0.29, 0.717) is 0 Å². The SMILES string of the molecule is CC(C)OCC(O)CNc1cccc(F)c1F. The Balaban J connectivity index is 2.42. The molecule has 0 aliphatic heterocycles. The van der Waals surface area contributed by atoms with E-state index in [0.717, 1.165) is 6.07 Å². The van der Waals surface area contributed by atoms with Crippen molar-refractivity contribution in [1.82, 2.24) is 0 Å². The van der Waals surface area contributed by atoms with Gasteiger partial charge in [-0.2, -0.15) is 0 Å². The van der Waals surface area contributed by atoms with Crippen LogP contribution in [0.5, 0.6) is 0 Å². The van der Waals surface area contributed by atoms with E-state index >= 15 is 0 Å². The van der Waals surface area contributed by atoms with E-state index in [4.69, 9.17) is 4.74 Å². The van der Waals surface area contributed by atoms with E-state index < -0.39 is 17.7 Å². The third kappa shape index (κ3) is 4.66. The maximum atomic E-state index is 13.2. The number of rotatable bonds is 6. The predicted molar refractivity (Wildman–Crippen MR) is 61.9 cm³/mol. The molecule has 5 heteroatoms. The van der Waals surface area contributed by atoms with Gasteiger partial charge in [-0.1, -0.05) is 6.07 Å². The number of benzene rings is 1. The van der Waals surface area contributed by atoms with Crippen LogP contribution >= 0.6 is 0 Å². The van der Waals surface area contributed by atoms with Gasteiger partial charge in [0.25, 0.3) is 0 Å². The van der Waals surface area contributed by atoms with Crippen LogP contribution in [0.25, 0.3) is 0 Å². The van der Waals surface area contributed by atoms with Gasteiger partial charge in [-0.25, -0.2) is 8.78 Å². The van der Waals surface area contributed by atoms with Gasteiger partial charge in [0.15, 0.2) is 11.6 Å². The van der Waals surface area contributed by atoms with Gasteiger partial charge in [-0.05, 0) is 26.0 Å². The first-order valence-electron chi connectivity index (χ1n) is 5.48.